The zero-order chi connectivity index (χ0) is 26.9. The van der Waals surface area contributed by atoms with Crippen LogP contribution in [0, 0.1) is 0 Å². The van der Waals surface area contributed by atoms with Crippen LogP contribution in [0.25, 0.3) is 0 Å². The number of rotatable bonds is 9. The third kappa shape index (κ3) is 7.49. The molecule has 3 N–H and O–H groups in total. The number of anilines is 1. The second-order valence-corrected chi connectivity index (χ2v) is 9.02. The number of hydrogen-bond acceptors (Lipinski definition) is 6. The van der Waals surface area contributed by atoms with E-state index in [4.69, 9.17) is 9.47 Å². The summed E-state index contributed by atoms with van der Waals surface area (Å²) in [5, 5.41) is 14.8. The molecule has 1 aliphatic carbocycles. The Labute approximate surface area is 220 Å². The first-order valence-corrected chi connectivity index (χ1v) is 12.4. The first kappa shape index (κ1) is 26.5. The smallest absolute Gasteiger partial charge is 0.407 e. The number of benzene rings is 3. The van der Waals surface area contributed by atoms with E-state index in [1.165, 1.54) is 13.2 Å². The normalized spacial score (nSPS) is 16.7. The monoisotopic (exact) mass is 518 g/mol. The van der Waals surface area contributed by atoms with Crippen molar-refractivity contribution in [2.75, 3.05) is 12.4 Å². The predicted octanol–water partition coefficient (Wildman–Crippen LogP) is 5.40. The van der Waals surface area contributed by atoms with Crippen LogP contribution in [0.3, 0.4) is 0 Å². The number of aromatic carboxylic acids is 1. The summed E-state index contributed by atoms with van der Waals surface area (Å²) < 4.78 is 16.6. The average Bonchev–Trinajstić information content (AvgIpc) is 2.92. The Morgan fingerprint density at radius 1 is 0.842 bits per heavy atom. The maximum absolute atomic E-state index is 12.4. The van der Waals surface area contributed by atoms with E-state index in [9.17, 15) is 19.5 Å². The zero-order valence-electron chi connectivity index (χ0n) is 21.0. The van der Waals surface area contributed by atoms with Gasteiger partial charge in [-0.15, -0.1) is 0 Å². The minimum absolute atomic E-state index is 0.0429. The van der Waals surface area contributed by atoms with E-state index in [0.29, 0.717) is 11.5 Å². The van der Waals surface area contributed by atoms with E-state index in [1.807, 2.05) is 24.3 Å². The Bertz CT molecular complexity index is 1250. The van der Waals surface area contributed by atoms with Gasteiger partial charge in [0.25, 0.3) is 0 Å². The van der Waals surface area contributed by atoms with Crippen molar-refractivity contribution in [1.82, 2.24) is 5.32 Å². The quantitative estimate of drug-likeness (QED) is 0.346. The number of nitrogens with one attached hydrogen (secondary N) is 2. The molecule has 0 radical (unpaired) electrons. The van der Waals surface area contributed by atoms with Crippen LogP contribution in [0.15, 0.2) is 72.8 Å². The number of carbonyl (C=O) groups is 3. The van der Waals surface area contributed by atoms with Crippen LogP contribution in [0.2, 0.25) is 0 Å². The minimum atomic E-state index is -1.10. The number of amides is 2. The van der Waals surface area contributed by atoms with Gasteiger partial charge in [0, 0.05) is 6.04 Å². The highest BCUT2D eigenvalue weighted by molar-refractivity contribution is 6.01. The largest absolute Gasteiger partial charge is 0.490 e. The number of carboxylic acid groups (broad SMARTS) is 1. The van der Waals surface area contributed by atoms with Crippen LogP contribution < -0.4 is 20.1 Å². The number of ether oxygens (including phenoxy) is 3. The summed E-state index contributed by atoms with van der Waals surface area (Å²) >= 11 is 0. The van der Waals surface area contributed by atoms with Gasteiger partial charge in [-0.05, 0) is 79.8 Å². The molecule has 38 heavy (non-hydrogen) atoms. The van der Waals surface area contributed by atoms with Gasteiger partial charge in [0.05, 0.1) is 30.9 Å². The highest BCUT2D eigenvalue weighted by Crippen LogP contribution is 2.28. The fourth-order valence-electron chi connectivity index (χ4n) is 4.30. The van der Waals surface area contributed by atoms with Gasteiger partial charge < -0.3 is 30.0 Å². The fraction of sp³-hybridized carbons (Fsp3) is 0.276. The molecule has 9 heteroatoms. The standard InChI is InChI=1S/C29H30N2O7/c1-36-29(35)30-20-8-12-22(13-9-20)38-24-16-14-23(15-17-24)37-21-10-6-19(7-11-21)18-27(32)31-26-5-3-2-4-25(26)28(33)34/h2-7,10-11,14-17,20,22H,8-9,12-13,18H2,1H3,(H,30,35)(H,31,32)(H,33,34). The molecule has 0 atom stereocenters. The van der Waals surface area contributed by atoms with Gasteiger partial charge in [-0.25, -0.2) is 9.59 Å². The Balaban J connectivity index is 1.24. The van der Waals surface area contributed by atoms with Crippen molar-refractivity contribution >= 4 is 23.7 Å². The lowest BCUT2D eigenvalue weighted by molar-refractivity contribution is -0.115. The summed E-state index contributed by atoms with van der Waals surface area (Å²) in [5.74, 6) is 0.623. The molecule has 0 spiro atoms. The van der Waals surface area contributed by atoms with Gasteiger partial charge in [0.1, 0.15) is 17.2 Å². The molecule has 0 saturated heterocycles. The van der Waals surface area contributed by atoms with Crippen molar-refractivity contribution in [3.05, 3.63) is 83.9 Å². The van der Waals surface area contributed by atoms with Crippen LogP contribution >= 0.6 is 0 Å². The molecule has 0 aliphatic heterocycles. The summed E-state index contributed by atoms with van der Waals surface area (Å²) in [4.78, 5) is 35.1. The summed E-state index contributed by atoms with van der Waals surface area (Å²) in [5.41, 5.74) is 1.07. The topological polar surface area (TPSA) is 123 Å². The molecule has 3 aromatic carbocycles. The summed E-state index contributed by atoms with van der Waals surface area (Å²) in [7, 11) is 1.36. The molecule has 0 unspecified atom stereocenters. The van der Waals surface area contributed by atoms with Crippen molar-refractivity contribution in [3.63, 3.8) is 0 Å². The van der Waals surface area contributed by atoms with Crippen LogP contribution in [0.1, 0.15) is 41.6 Å². The van der Waals surface area contributed by atoms with Crippen molar-refractivity contribution in [3.8, 4) is 17.2 Å². The van der Waals surface area contributed by atoms with Gasteiger partial charge in [-0.1, -0.05) is 24.3 Å². The Hall–Kier alpha value is -4.53. The number of methoxy groups -OCH3 is 1. The molecular formula is C29H30N2O7. The SMILES string of the molecule is COC(=O)NC1CCC(Oc2ccc(Oc3ccc(CC(=O)Nc4ccccc4C(=O)O)cc3)cc2)CC1. The molecule has 9 nitrogen and oxygen atoms in total. The summed E-state index contributed by atoms with van der Waals surface area (Å²) in [6.07, 6.45) is 3.18. The molecule has 4 rings (SSSR count). The zero-order valence-corrected chi connectivity index (χ0v) is 21.0. The van der Waals surface area contributed by atoms with E-state index >= 15 is 0 Å². The van der Waals surface area contributed by atoms with E-state index in [2.05, 4.69) is 15.4 Å². The maximum atomic E-state index is 12.4. The number of hydrogen-bond donors (Lipinski definition) is 3. The van der Waals surface area contributed by atoms with Crippen molar-refractivity contribution in [2.45, 2.75) is 44.2 Å². The molecule has 0 aromatic heterocycles. The second-order valence-electron chi connectivity index (χ2n) is 9.02. The third-order valence-electron chi connectivity index (χ3n) is 6.26. The molecule has 1 saturated carbocycles. The molecular weight excluding hydrogens is 488 g/mol. The van der Waals surface area contributed by atoms with Gasteiger partial charge in [-0.2, -0.15) is 0 Å². The lowest BCUT2D eigenvalue weighted by Crippen LogP contribution is -2.39. The number of alkyl carbamates (subject to hydrolysis) is 1. The van der Waals surface area contributed by atoms with E-state index < -0.39 is 12.1 Å². The highest BCUT2D eigenvalue weighted by atomic mass is 16.5. The van der Waals surface area contributed by atoms with E-state index in [0.717, 1.165) is 37.0 Å². The van der Waals surface area contributed by atoms with Gasteiger partial charge in [0.15, 0.2) is 0 Å². The van der Waals surface area contributed by atoms with Crippen molar-refractivity contribution < 1.29 is 33.7 Å². The second kappa shape index (κ2) is 12.6. The third-order valence-corrected chi connectivity index (χ3v) is 6.26. The molecule has 1 fully saturated rings. The lowest BCUT2D eigenvalue weighted by Gasteiger charge is -2.29. The summed E-state index contributed by atoms with van der Waals surface area (Å²) in [6, 6.07) is 20.9. The first-order chi connectivity index (χ1) is 18.4. The van der Waals surface area contributed by atoms with Crippen LogP contribution in [0.4, 0.5) is 10.5 Å². The van der Waals surface area contributed by atoms with Crippen molar-refractivity contribution in [2.24, 2.45) is 0 Å². The van der Waals surface area contributed by atoms with E-state index in [-0.39, 0.29) is 35.7 Å². The molecule has 0 bridgehead atoms. The molecule has 0 heterocycles. The van der Waals surface area contributed by atoms with Crippen LogP contribution in [-0.4, -0.2) is 42.3 Å². The molecule has 3 aromatic rings. The Morgan fingerprint density at radius 2 is 1.45 bits per heavy atom. The summed E-state index contributed by atoms with van der Waals surface area (Å²) in [6.45, 7) is 0. The molecule has 198 valence electrons. The maximum Gasteiger partial charge on any atom is 0.407 e. The Kier molecular flexibility index (Phi) is 8.81. The fourth-order valence-corrected chi connectivity index (χ4v) is 4.30. The minimum Gasteiger partial charge on any atom is -0.490 e. The lowest BCUT2D eigenvalue weighted by atomic mass is 9.93. The first-order valence-electron chi connectivity index (χ1n) is 12.4. The number of para-hydroxylation sites is 1. The van der Waals surface area contributed by atoms with Crippen LogP contribution in [-0.2, 0) is 16.0 Å². The van der Waals surface area contributed by atoms with Gasteiger partial charge in [0.2, 0.25) is 5.91 Å². The van der Waals surface area contributed by atoms with Crippen molar-refractivity contribution in [1.29, 1.82) is 0 Å². The van der Waals surface area contributed by atoms with E-state index in [1.54, 1.807) is 42.5 Å². The molecule has 2 amide bonds. The van der Waals surface area contributed by atoms with Crippen LogP contribution in [0.5, 0.6) is 17.2 Å². The van der Waals surface area contributed by atoms with Gasteiger partial charge >= 0.3 is 12.1 Å². The highest BCUT2D eigenvalue weighted by Gasteiger charge is 2.23. The Morgan fingerprint density at radius 3 is 2.08 bits per heavy atom. The number of carbonyl (C=O) groups excluding carboxylic acids is 2. The number of carboxylic acids is 1. The average molecular weight is 519 g/mol. The molecule has 1 aliphatic rings. The van der Waals surface area contributed by atoms with Gasteiger partial charge in [-0.3, -0.25) is 4.79 Å². The predicted molar refractivity (Wildman–Crippen MR) is 141 cm³/mol.